The summed E-state index contributed by atoms with van der Waals surface area (Å²) in [6, 6.07) is 8.22. The van der Waals surface area contributed by atoms with E-state index in [-0.39, 0.29) is 12.5 Å². The fourth-order valence-corrected chi connectivity index (χ4v) is 2.15. The fraction of sp³-hybridized carbons (Fsp3) is 0.200. The molecule has 2 aromatic rings. The van der Waals surface area contributed by atoms with Gasteiger partial charge in [-0.15, -0.1) is 0 Å². The van der Waals surface area contributed by atoms with Crippen LogP contribution in [0.5, 0.6) is 5.75 Å². The van der Waals surface area contributed by atoms with Gasteiger partial charge in [-0.05, 0) is 31.0 Å². The van der Waals surface area contributed by atoms with Gasteiger partial charge in [0.1, 0.15) is 0 Å². The first-order chi connectivity index (χ1) is 9.13. The molecule has 3 rings (SSSR count). The molecule has 1 aliphatic rings. The Morgan fingerprint density at radius 3 is 2.95 bits per heavy atom. The number of rotatable bonds is 1. The summed E-state index contributed by atoms with van der Waals surface area (Å²) in [6.45, 7) is 4.17. The van der Waals surface area contributed by atoms with Crippen molar-refractivity contribution >= 4 is 11.7 Å². The Morgan fingerprint density at radius 2 is 2.11 bits per heavy atom. The van der Waals surface area contributed by atoms with Crippen molar-refractivity contribution in [2.45, 2.75) is 13.8 Å². The number of nitrogens with one attached hydrogen (secondary N) is 1. The third kappa shape index (κ3) is 2.17. The van der Waals surface area contributed by atoms with Crippen LogP contribution in [0.2, 0.25) is 0 Å². The van der Waals surface area contributed by atoms with Crippen molar-refractivity contribution in [3.05, 3.63) is 41.6 Å². The van der Waals surface area contributed by atoms with E-state index >= 15 is 0 Å². The molecule has 1 N–H and O–H groups in total. The van der Waals surface area contributed by atoms with Gasteiger partial charge in [0.05, 0.1) is 0 Å². The van der Waals surface area contributed by atoms with Gasteiger partial charge in [0.25, 0.3) is 5.91 Å². The zero-order valence-corrected chi connectivity index (χ0v) is 10.9. The Hall–Kier alpha value is -2.36. The second-order valence-electron chi connectivity index (χ2n) is 4.73. The van der Waals surface area contributed by atoms with Gasteiger partial charge in [-0.2, -0.15) is 0 Å². The van der Waals surface area contributed by atoms with E-state index in [1.165, 1.54) is 11.1 Å². The Kier molecular flexibility index (Phi) is 2.71. The molecule has 96 valence electrons. The van der Waals surface area contributed by atoms with Gasteiger partial charge in [-0.3, -0.25) is 4.79 Å². The molecule has 0 aliphatic carbocycles. The Bertz CT molecular complexity index is 665. The maximum absolute atomic E-state index is 11.2. The first kappa shape index (κ1) is 11.7. The lowest BCUT2D eigenvalue weighted by Gasteiger charge is -2.18. The molecular formula is C15H14N2O2. The number of nitrogens with zero attached hydrogens (tertiary/aromatic N) is 1. The van der Waals surface area contributed by atoms with Gasteiger partial charge in [-0.25, -0.2) is 4.98 Å². The third-order valence-corrected chi connectivity index (χ3v) is 3.17. The van der Waals surface area contributed by atoms with Gasteiger partial charge in [0.2, 0.25) is 0 Å². The predicted molar refractivity (Wildman–Crippen MR) is 73.3 cm³/mol. The van der Waals surface area contributed by atoms with Crippen molar-refractivity contribution < 1.29 is 9.53 Å². The van der Waals surface area contributed by atoms with E-state index in [1.807, 2.05) is 6.07 Å². The molecule has 19 heavy (non-hydrogen) atoms. The molecule has 4 heteroatoms. The van der Waals surface area contributed by atoms with Crippen molar-refractivity contribution in [2.24, 2.45) is 0 Å². The summed E-state index contributed by atoms with van der Waals surface area (Å²) in [7, 11) is 0. The number of fused-ring (bicyclic) bond motifs is 1. The first-order valence-electron chi connectivity index (χ1n) is 6.14. The third-order valence-electron chi connectivity index (χ3n) is 3.17. The molecule has 0 spiro atoms. The first-order valence-corrected chi connectivity index (χ1v) is 6.14. The number of carbonyl (C=O) groups excluding carboxylic acids is 1. The molecule has 2 heterocycles. The van der Waals surface area contributed by atoms with Crippen LogP contribution in [-0.2, 0) is 4.79 Å². The van der Waals surface area contributed by atoms with Gasteiger partial charge in [-0.1, -0.05) is 23.8 Å². The number of carbonyl (C=O) groups is 1. The molecule has 1 aliphatic heterocycles. The second kappa shape index (κ2) is 4.39. The van der Waals surface area contributed by atoms with Crippen LogP contribution >= 0.6 is 0 Å². The van der Waals surface area contributed by atoms with Crippen LogP contribution in [-0.4, -0.2) is 17.5 Å². The van der Waals surface area contributed by atoms with E-state index in [0.29, 0.717) is 11.6 Å². The van der Waals surface area contributed by atoms with Crippen molar-refractivity contribution in [3.8, 4) is 16.9 Å². The number of hydrogen-bond acceptors (Lipinski definition) is 3. The van der Waals surface area contributed by atoms with Crippen LogP contribution in [0.1, 0.15) is 11.1 Å². The quantitative estimate of drug-likeness (QED) is 0.851. The normalized spacial score (nSPS) is 13.5. The monoisotopic (exact) mass is 254 g/mol. The Morgan fingerprint density at radius 1 is 1.26 bits per heavy atom. The van der Waals surface area contributed by atoms with Crippen LogP contribution in [0.4, 0.5) is 5.82 Å². The van der Waals surface area contributed by atoms with E-state index in [9.17, 15) is 4.79 Å². The van der Waals surface area contributed by atoms with Gasteiger partial charge in [0.15, 0.2) is 18.2 Å². The van der Waals surface area contributed by atoms with E-state index < -0.39 is 0 Å². The highest BCUT2D eigenvalue weighted by atomic mass is 16.5. The lowest BCUT2D eigenvalue weighted by molar-refractivity contribution is -0.118. The summed E-state index contributed by atoms with van der Waals surface area (Å²) in [6.07, 6.45) is 1.76. The molecule has 1 aromatic carbocycles. The van der Waals surface area contributed by atoms with Gasteiger partial charge < -0.3 is 10.1 Å². The second-order valence-corrected chi connectivity index (χ2v) is 4.73. The largest absolute Gasteiger partial charge is 0.480 e. The standard InChI is InChI=1S/C15H14N2O2/c1-9-3-4-10(2)12(5-9)11-6-13-15(16-7-11)17-14(18)8-19-13/h3-7H,8H2,1-2H3,(H,16,17,18). The molecule has 4 nitrogen and oxygen atoms in total. The highest BCUT2D eigenvalue weighted by Crippen LogP contribution is 2.32. The molecule has 0 atom stereocenters. The average molecular weight is 254 g/mol. The summed E-state index contributed by atoms with van der Waals surface area (Å²) >= 11 is 0. The molecule has 0 unspecified atom stereocenters. The number of pyridine rings is 1. The van der Waals surface area contributed by atoms with Gasteiger partial charge in [0, 0.05) is 11.8 Å². The average Bonchev–Trinajstić information content (AvgIpc) is 2.41. The van der Waals surface area contributed by atoms with E-state index in [0.717, 1.165) is 11.1 Å². The minimum atomic E-state index is -0.167. The van der Waals surface area contributed by atoms with Crippen molar-refractivity contribution in [3.63, 3.8) is 0 Å². The van der Waals surface area contributed by atoms with Crippen LogP contribution in [0.15, 0.2) is 30.5 Å². The van der Waals surface area contributed by atoms with Crippen molar-refractivity contribution in [1.82, 2.24) is 4.98 Å². The summed E-state index contributed by atoms with van der Waals surface area (Å²) in [5.41, 5.74) is 4.52. The summed E-state index contributed by atoms with van der Waals surface area (Å²) in [5.74, 6) is 0.947. The maximum atomic E-state index is 11.2. The van der Waals surface area contributed by atoms with Gasteiger partial charge >= 0.3 is 0 Å². The van der Waals surface area contributed by atoms with Crippen molar-refractivity contribution in [1.29, 1.82) is 0 Å². The lowest BCUT2D eigenvalue weighted by Crippen LogP contribution is -2.26. The zero-order valence-electron chi connectivity index (χ0n) is 10.9. The Labute approximate surface area is 111 Å². The highest BCUT2D eigenvalue weighted by molar-refractivity contribution is 5.94. The number of aryl methyl sites for hydroxylation is 2. The number of aromatic nitrogens is 1. The number of amides is 1. The Balaban J connectivity index is 2.07. The number of benzene rings is 1. The molecule has 0 saturated carbocycles. The summed E-state index contributed by atoms with van der Waals surface area (Å²) < 4.78 is 5.39. The molecule has 0 saturated heterocycles. The van der Waals surface area contributed by atoms with E-state index in [4.69, 9.17) is 4.74 Å². The van der Waals surface area contributed by atoms with Crippen LogP contribution in [0.3, 0.4) is 0 Å². The molecule has 0 radical (unpaired) electrons. The minimum Gasteiger partial charge on any atom is -0.480 e. The lowest BCUT2D eigenvalue weighted by atomic mass is 9.99. The molecule has 0 bridgehead atoms. The topological polar surface area (TPSA) is 51.2 Å². The van der Waals surface area contributed by atoms with Crippen LogP contribution < -0.4 is 10.1 Å². The molecule has 1 amide bonds. The fourth-order valence-electron chi connectivity index (χ4n) is 2.15. The maximum Gasteiger partial charge on any atom is 0.263 e. The molecule has 1 aromatic heterocycles. The van der Waals surface area contributed by atoms with Crippen LogP contribution in [0.25, 0.3) is 11.1 Å². The molecule has 0 fully saturated rings. The highest BCUT2D eigenvalue weighted by Gasteiger charge is 2.18. The minimum absolute atomic E-state index is 0.0466. The SMILES string of the molecule is Cc1ccc(C)c(-c2cnc3c(c2)OCC(=O)N3)c1. The zero-order chi connectivity index (χ0) is 13.4. The predicted octanol–water partition coefficient (Wildman–Crippen LogP) is 2.70. The summed E-state index contributed by atoms with van der Waals surface area (Å²) in [5, 5.41) is 2.69. The van der Waals surface area contributed by atoms with E-state index in [1.54, 1.807) is 6.20 Å². The van der Waals surface area contributed by atoms with Crippen molar-refractivity contribution in [2.75, 3.05) is 11.9 Å². The van der Waals surface area contributed by atoms with Crippen LogP contribution in [0, 0.1) is 13.8 Å². The van der Waals surface area contributed by atoms with E-state index in [2.05, 4.69) is 42.3 Å². The summed E-state index contributed by atoms with van der Waals surface area (Å²) in [4.78, 5) is 15.5. The number of hydrogen-bond donors (Lipinski definition) is 1. The molecular weight excluding hydrogens is 240 g/mol. The number of ether oxygens (including phenoxy) is 1. The number of anilines is 1. The smallest absolute Gasteiger partial charge is 0.263 e.